The zero-order valence-electron chi connectivity index (χ0n) is 13.9. The summed E-state index contributed by atoms with van der Waals surface area (Å²) in [5.41, 5.74) is 4.53. The molecule has 0 aliphatic heterocycles. The predicted molar refractivity (Wildman–Crippen MR) is 90.4 cm³/mol. The number of hydrogen-bond donors (Lipinski definition) is 1. The van der Waals surface area contributed by atoms with Crippen molar-refractivity contribution in [1.82, 2.24) is 5.32 Å². The Morgan fingerprint density at radius 1 is 1.10 bits per heavy atom. The van der Waals surface area contributed by atoms with Crippen molar-refractivity contribution in [3.8, 4) is 0 Å². The van der Waals surface area contributed by atoms with Gasteiger partial charge in [0.25, 0.3) is 0 Å². The maximum atomic E-state index is 3.43. The summed E-state index contributed by atoms with van der Waals surface area (Å²) in [6.45, 7) is 13.4. The van der Waals surface area contributed by atoms with E-state index >= 15 is 0 Å². The Bertz CT molecular complexity index is 406. The van der Waals surface area contributed by atoms with E-state index in [1.54, 1.807) is 0 Å². The molecule has 1 aromatic carbocycles. The van der Waals surface area contributed by atoms with Gasteiger partial charge in [-0.2, -0.15) is 0 Å². The highest BCUT2D eigenvalue weighted by atomic mass is 14.8. The van der Waals surface area contributed by atoms with E-state index in [2.05, 4.69) is 70.3 Å². The van der Waals surface area contributed by atoms with Crippen molar-refractivity contribution < 1.29 is 0 Å². The fraction of sp³-hybridized carbons (Fsp3) is 0.579. The zero-order chi connectivity index (χ0) is 15.0. The van der Waals surface area contributed by atoms with Crippen LogP contribution in [-0.2, 0) is 11.8 Å². The van der Waals surface area contributed by atoms with E-state index in [4.69, 9.17) is 0 Å². The number of benzene rings is 1. The van der Waals surface area contributed by atoms with Crippen LogP contribution in [0.4, 0.5) is 0 Å². The van der Waals surface area contributed by atoms with E-state index in [-0.39, 0.29) is 5.41 Å². The van der Waals surface area contributed by atoms with Gasteiger partial charge in [-0.3, -0.25) is 0 Å². The van der Waals surface area contributed by atoms with Crippen LogP contribution in [-0.4, -0.2) is 13.1 Å². The second-order valence-corrected chi connectivity index (χ2v) is 6.71. The van der Waals surface area contributed by atoms with E-state index in [1.807, 2.05) is 0 Å². The van der Waals surface area contributed by atoms with Gasteiger partial charge in [0.2, 0.25) is 0 Å². The first-order valence-corrected chi connectivity index (χ1v) is 7.89. The lowest BCUT2D eigenvalue weighted by atomic mass is 9.86. The van der Waals surface area contributed by atoms with E-state index in [9.17, 15) is 0 Å². The molecule has 112 valence electrons. The van der Waals surface area contributed by atoms with Crippen molar-refractivity contribution in [2.75, 3.05) is 13.1 Å². The van der Waals surface area contributed by atoms with Crippen LogP contribution in [0.3, 0.4) is 0 Å². The smallest absolute Gasteiger partial charge is 0.00142 e. The molecule has 1 nitrogen and oxygen atoms in total. The van der Waals surface area contributed by atoms with Crippen molar-refractivity contribution in [3.63, 3.8) is 0 Å². The molecule has 0 bridgehead atoms. The van der Waals surface area contributed by atoms with Gasteiger partial charge in [-0.15, -0.1) is 0 Å². The molecule has 1 heteroatoms. The molecule has 0 atom stereocenters. The molecule has 0 saturated heterocycles. The maximum absolute atomic E-state index is 3.43. The van der Waals surface area contributed by atoms with Crippen LogP contribution in [0.2, 0.25) is 0 Å². The molecular weight excluding hydrogens is 242 g/mol. The normalized spacial score (nSPS) is 12.8. The van der Waals surface area contributed by atoms with Crippen molar-refractivity contribution in [2.24, 2.45) is 0 Å². The minimum Gasteiger partial charge on any atom is -0.316 e. The first-order chi connectivity index (χ1) is 9.43. The maximum Gasteiger partial charge on any atom is -0.00142 e. The molecule has 0 unspecified atom stereocenters. The number of hydrogen-bond acceptors (Lipinski definition) is 1. The van der Waals surface area contributed by atoms with Crippen LogP contribution in [0.5, 0.6) is 0 Å². The molecule has 0 fully saturated rings. The zero-order valence-corrected chi connectivity index (χ0v) is 13.9. The van der Waals surface area contributed by atoms with Crippen LogP contribution >= 0.6 is 0 Å². The lowest BCUT2D eigenvalue weighted by molar-refractivity contribution is 0.590. The first-order valence-electron chi connectivity index (χ1n) is 7.89. The number of nitrogens with one attached hydrogen (secondary N) is 1. The van der Waals surface area contributed by atoms with Gasteiger partial charge < -0.3 is 5.32 Å². The Kier molecular flexibility index (Phi) is 7.01. The third kappa shape index (κ3) is 6.38. The average molecular weight is 273 g/mol. The molecule has 1 N–H and O–H groups in total. The Balaban J connectivity index is 2.45. The van der Waals surface area contributed by atoms with E-state index in [1.165, 1.54) is 23.1 Å². The van der Waals surface area contributed by atoms with Crippen molar-refractivity contribution in [2.45, 2.75) is 59.3 Å². The van der Waals surface area contributed by atoms with E-state index < -0.39 is 0 Å². The summed E-state index contributed by atoms with van der Waals surface area (Å²) >= 11 is 0. The highest BCUT2D eigenvalue weighted by Crippen LogP contribution is 2.22. The Morgan fingerprint density at radius 2 is 1.75 bits per heavy atom. The lowest BCUT2D eigenvalue weighted by Crippen LogP contribution is -2.15. The summed E-state index contributed by atoms with van der Waals surface area (Å²) in [6.07, 6.45) is 5.77. The molecule has 1 rings (SSSR count). The number of rotatable bonds is 7. The summed E-state index contributed by atoms with van der Waals surface area (Å²) in [7, 11) is 0. The van der Waals surface area contributed by atoms with Gasteiger partial charge in [-0.25, -0.2) is 0 Å². The third-order valence-electron chi connectivity index (χ3n) is 3.54. The summed E-state index contributed by atoms with van der Waals surface area (Å²) < 4.78 is 0. The molecule has 0 aliphatic rings. The largest absolute Gasteiger partial charge is 0.316 e. The van der Waals surface area contributed by atoms with Gasteiger partial charge >= 0.3 is 0 Å². The number of allylic oxidation sites excluding steroid dienone is 1. The minimum absolute atomic E-state index is 0.244. The monoisotopic (exact) mass is 273 g/mol. The molecule has 0 aromatic heterocycles. The molecule has 0 radical (unpaired) electrons. The van der Waals surface area contributed by atoms with Crippen molar-refractivity contribution >= 4 is 0 Å². The van der Waals surface area contributed by atoms with Gasteiger partial charge in [-0.05, 0) is 55.8 Å². The summed E-state index contributed by atoms with van der Waals surface area (Å²) in [6, 6.07) is 9.08. The molecule has 0 saturated carbocycles. The molecule has 0 aliphatic carbocycles. The molecule has 1 aromatic rings. The minimum atomic E-state index is 0.244. The highest BCUT2D eigenvalue weighted by Gasteiger charge is 2.12. The van der Waals surface area contributed by atoms with Gasteiger partial charge in [0.1, 0.15) is 0 Å². The van der Waals surface area contributed by atoms with Gasteiger partial charge in [0, 0.05) is 0 Å². The third-order valence-corrected chi connectivity index (χ3v) is 3.54. The fourth-order valence-electron chi connectivity index (χ4n) is 2.24. The van der Waals surface area contributed by atoms with Gasteiger partial charge in [-0.1, -0.05) is 63.6 Å². The van der Waals surface area contributed by atoms with Gasteiger partial charge in [0.05, 0.1) is 0 Å². The second kappa shape index (κ2) is 8.26. The Morgan fingerprint density at radius 3 is 2.30 bits per heavy atom. The molecule has 0 spiro atoms. The lowest BCUT2D eigenvalue weighted by Gasteiger charge is -2.19. The average Bonchev–Trinajstić information content (AvgIpc) is 2.38. The first kappa shape index (κ1) is 17.0. The summed E-state index contributed by atoms with van der Waals surface area (Å²) in [4.78, 5) is 0. The SMILES string of the molecule is CCCNCCC=C(C)Cc1ccc(C(C)(C)C)cc1. The Labute approximate surface area is 125 Å². The van der Waals surface area contributed by atoms with E-state index in [0.717, 1.165) is 25.9 Å². The molecular formula is C19H31N. The summed E-state index contributed by atoms with van der Waals surface area (Å²) in [5.74, 6) is 0. The Hall–Kier alpha value is -1.08. The standard InChI is InChI=1S/C19H31N/c1-6-13-20-14-7-8-16(2)15-17-9-11-18(12-10-17)19(3,4)5/h8-12,20H,6-7,13-15H2,1-5H3. The topological polar surface area (TPSA) is 12.0 Å². The fourth-order valence-corrected chi connectivity index (χ4v) is 2.24. The highest BCUT2D eigenvalue weighted by molar-refractivity contribution is 5.29. The van der Waals surface area contributed by atoms with Crippen LogP contribution in [0.1, 0.15) is 58.6 Å². The van der Waals surface area contributed by atoms with Gasteiger partial charge in [0.15, 0.2) is 0 Å². The van der Waals surface area contributed by atoms with Crippen LogP contribution < -0.4 is 5.32 Å². The van der Waals surface area contributed by atoms with Crippen molar-refractivity contribution in [1.29, 1.82) is 0 Å². The van der Waals surface area contributed by atoms with Crippen molar-refractivity contribution in [3.05, 3.63) is 47.0 Å². The molecule has 20 heavy (non-hydrogen) atoms. The predicted octanol–water partition coefficient (Wildman–Crippen LogP) is 4.86. The second-order valence-electron chi connectivity index (χ2n) is 6.71. The van der Waals surface area contributed by atoms with Crippen LogP contribution in [0.15, 0.2) is 35.9 Å². The molecule has 0 heterocycles. The quantitative estimate of drug-likeness (QED) is 0.552. The van der Waals surface area contributed by atoms with E-state index in [0.29, 0.717) is 0 Å². The molecule has 0 amide bonds. The summed E-state index contributed by atoms with van der Waals surface area (Å²) in [5, 5.41) is 3.43. The van der Waals surface area contributed by atoms with Crippen LogP contribution in [0.25, 0.3) is 0 Å². The van der Waals surface area contributed by atoms with Crippen LogP contribution in [0, 0.1) is 0 Å².